The third-order valence-corrected chi connectivity index (χ3v) is 7.59. The Kier molecular flexibility index (Phi) is 13.8. The first kappa shape index (κ1) is 28.9. The zero-order valence-electron chi connectivity index (χ0n) is 19.1. The monoisotopic (exact) mass is 712 g/mol. The molecule has 0 aliphatic heterocycles. The molecule has 0 amide bonds. The van der Waals surface area contributed by atoms with Crippen molar-refractivity contribution >= 4 is 38.8 Å². The zero-order valence-corrected chi connectivity index (χ0v) is 25.6. The van der Waals surface area contributed by atoms with Crippen molar-refractivity contribution in [3.63, 3.8) is 0 Å². The molecule has 2 aromatic rings. The molecule has 188 valence electrons. The van der Waals surface area contributed by atoms with Crippen molar-refractivity contribution in [1.29, 1.82) is 0 Å². The van der Waals surface area contributed by atoms with Gasteiger partial charge in [-0.3, -0.25) is 0 Å². The number of fused-ring (bicyclic) bond motifs is 4. The summed E-state index contributed by atoms with van der Waals surface area (Å²) in [6.45, 7) is 0. The second kappa shape index (κ2) is 16.2. The Morgan fingerprint density at radius 3 is 0.853 bits per heavy atom. The molecule has 0 fully saturated rings. The van der Waals surface area contributed by atoms with E-state index in [0.29, 0.717) is 0 Å². The van der Waals surface area contributed by atoms with Crippen molar-refractivity contribution in [2.75, 3.05) is 0 Å². The molecular formula is C28H32Cl4Ru2. The molecule has 34 heavy (non-hydrogen) atoms. The molecule has 0 saturated carbocycles. The molecule has 0 nitrogen and oxygen atoms in total. The Morgan fingerprint density at radius 2 is 0.647 bits per heavy atom. The van der Waals surface area contributed by atoms with Gasteiger partial charge in [-0.1, -0.05) is 72.8 Å². The fourth-order valence-corrected chi connectivity index (χ4v) is 5.90. The predicted octanol–water partition coefficient (Wildman–Crippen LogP) is 9.49. The van der Waals surface area contributed by atoms with Gasteiger partial charge in [0, 0.05) is 0 Å². The molecule has 4 unspecified atom stereocenters. The molecule has 0 aromatic heterocycles. The van der Waals surface area contributed by atoms with Gasteiger partial charge in [-0.25, -0.2) is 0 Å². The standard InChI is InChI=1S/2C14H16.4ClH.2Ru/c2*1-2-6-12-10-14-8-4-3-7-13(14)9-11(12)5-1;;;;;;/h2*1-6,13-14H,7-10H2;4*1H;;/q;;;;;;2*+2/p-4. The Bertz CT molecular complexity index is 785. The molecule has 4 aliphatic carbocycles. The zero-order chi connectivity index (χ0) is 24.2. The number of rotatable bonds is 0. The van der Waals surface area contributed by atoms with E-state index in [1.807, 2.05) is 0 Å². The van der Waals surface area contributed by atoms with E-state index in [1.54, 1.807) is 22.3 Å². The topological polar surface area (TPSA) is 0 Å². The molecule has 0 heterocycles. The average molecular weight is 713 g/mol. The normalized spacial score (nSPS) is 25.5. The Labute approximate surface area is 237 Å². The molecule has 6 rings (SSSR count). The van der Waals surface area contributed by atoms with Crippen molar-refractivity contribution < 1.29 is 30.3 Å². The molecule has 0 radical (unpaired) electrons. The van der Waals surface area contributed by atoms with Gasteiger partial charge >= 0.3 is 69.1 Å². The summed E-state index contributed by atoms with van der Waals surface area (Å²) in [6.07, 6.45) is 19.9. The van der Waals surface area contributed by atoms with Crippen LogP contribution in [-0.4, -0.2) is 0 Å². The van der Waals surface area contributed by atoms with E-state index >= 15 is 0 Å². The quantitative estimate of drug-likeness (QED) is 0.189. The van der Waals surface area contributed by atoms with Crippen LogP contribution in [0.2, 0.25) is 0 Å². The number of hydrogen-bond donors (Lipinski definition) is 0. The maximum absolute atomic E-state index is 4.85. The molecule has 6 heteroatoms. The molecule has 0 spiro atoms. The summed E-state index contributed by atoms with van der Waals surface area (Å²) < 4.78 is 0. The van der Waals surface area contributed by atoms with Crippen LogP contribution < -0.4 is 0 Å². The van der Waals surface area contributed by atoms with Crippen LogP contribution in [0, 0.1) is 23.7 Å². The van der Waals surface area contributed by atoms with Gasteiger partial charge in [0.2, 0.25) is 0 Å². The van der Waals surface area contributed by atoms with Gasteiger partial charge in [0.25, 0.3) is 0 Å². The predicted molar refractivity (Wildman–Crippen MR) is 142 cm³/mol. The fraction of sp³-hybridized carbons (Fsp3) is 0.429. The summed E-state index contributed by atoms with van der Waals surface area (Å²) in [5.74, 6) is 3.70. The Hall–Kier alpha value is 0.327. The second-order valence-corrected chi connectivity index (χ2v) is 14.7. The van der Waals surface area contributed by atoms with Crippen LogP contribution in [0.15, 0.2) is 72.8 Å². The van der Waals surface area contributed by atoms with Crippen molar-refractivity contribution in [3.05, 3.63) is 95.1 Å². The van der Waals surface area contributed by atoms with Gasteiger partial charge in [0.15, 0.2) is 0 Å². The molecule has 0 bridgehead atoms. The summed E-state index contributed by atoms with van der Waals surface area (Å²) >= 11 is -0.691. The molecule has 4 atom stereocenters. The van der Waals surface area contributed by atoms with Crippen molar-refractivity contribution in [2.45, 2.75) is 51.4 Å². The van der Waals surface area contributed by atoms with E-state index in [1.165, 1.54) is 51.4 Å². The van der Waals surface area contributed by atoms with E-state index in [-0.39, 0.29) is 30.3 Å². The van der Waals surface area contributed by atoms with Crippen LogP contribution in [0.4, 0.5) is 0 Å². The molecule has 0 N–H and O–H groups in total. The van der Waals surface area contributed by atoms with Gasteiger partial charge in [-0.15, -0.1) is 0 Å². The van der Waals surface area contributed by atoms with Crippen LogP contribution >= 0.6 is 38.8 Å². The Balaban J connectivity index is 0.000000156. The SMILES string of the molecule is C1=CCC2Cc3ccccc3CC2C1.C1=CCC2Cc3ccccc3CC2C1.[Cl][Ru][Cl].[Cl][Ru][Cl]. The van der Waals surface area contributed by atoms with E-state index in [9.17, 15) is 0 Å². The van der Waals surface area contributed by atoms with Crippen molar-refractivity contribution in [1.82, 2.24) is 0 Å². The molecule has 4 aliphatic rings. The van der Waals surface area contributed by atoms with E-state index in [0.717, 1.165) is 23.7 Å². The number of benzene rings is 2. The van der Waals surface area contributed by atoms with E-state index in [2.05, 4.69) is 72.8 Å². The van der Waals surface area contributed by atoms with Gasteiger partial charge in [-0.05, 0) is 97.3 Å². The number of hydrogen-bond acceptors (Lipinski definition) is 0. The number of halogens is 4. The summed E-state index contributed by atoms with van der Waals surface area (Å²) in [5.41, 5.74) is 6.40. The minimum absolute atomic E-state index is 0.346. The minimum atomic E-state index is -0.346. The summed E-state index contributed by atoms with van der Waals surface area (Å²) in [6, 6.07) is 18.0. The molecular weight excluding hydrogens is 680 g/mol. The third-order valence-electron chi connectivity index (χ3n) is 7.59. The first-order chi connectivity index (χ1) is 16.7. The molecule has 2 aromatic carbocycles. The van der Waals surface area contributed by atoms with Gasteiger partial charge in [-0.2, -0.15) is 0 Å². The van der Waals surface area contributed by atoms with Gasteiger partial charge < -0.3 is 0 Å². The van der Waals surface area contributed by atoms with Crippen LogP contribution in [0.3, 0.4) is 0 Å². The number of allylic oxidation sites excluding steroid dienone is 4. The summed E-state index contributed by atoms with van der Waals surface area (Å²) in [7, 11) is 19.4. The molecule has 0 saturated heterocycles. The first-order valence-electron chi connectivity index (χ1n) is 11.8. The van der Waals surface area contributed by atoms with Crippen molar-refractivity contribution in [3.8, 4) is 0 Å². The average Bonchev–Trinajstić information content (AvgIpc) is 2.87. The van der Waals surface area contributed by atoms with Crippen LogP contribution in [0.1, 0.15) is 47.9 Å². The maximum atomic E-state index is 4.85. The van der Waals surface area contributed by atoms with Gasteiger partial charge in [0.05, 0.1) is 0 Å². The van der Waals surface area contributed by atoms with E-state index in [4.69, 9.17) is 38.8 Å². The third kappa shape index (κ3) is 8.72. The van der Waals surface area contributed by atoms with Crippen molar-refractivity contribution in [2.24, 2.45) is 23.7 Å². The van der Waals surface area contributed by atoms with Crippen LogP contribution in [0.5, 0.6) is 0 Å². The fourth-order valence-electron chi connectivity index (χ4n) is 5.90. The van der Waals surface area contributed by atoms with Gasteiger partial charge in [0.1, 0.15) is 0 Å². The van der Waals surface area contributed by atoms with E-state index < -0.39 is 0 Å². The second-order valence-electron chi connectivity index (χ2n) is 9.38. The Morgan fingerprint density at radius 1 is 0.441 bits per heavy atom. The summed E-state index contributed by atoms with van der Waals surface area (Å²) in [5, 5.41) is 0. The van der Waals surface area contributed by atoms with Crippen LogP contribution in [-0.2, 0) is 56.0 Å². The summed E-state index contributed by atoms with van der Waals surface area (Å²) in [4.78, 5) is 0. The van der Waals surface area contributed by atoms with Crippen LogP contribution in [0.25, 0.3) is 0 Å². The first-order valence-corrected chi connectivity index (χ1v) is 20.8.